The van der Waals surface area contributed by atoms with Crippen molar-refractivity contribution >= 4 is 15.9 Å². The molecule has 0 N–H and O–H groups in total. The molecule has 0 spiro atoms. The lowest BCUT2D eigenvalue weighted by Crippen LogP contribution is -2.43. The minimum absolute atomic E-state index is 0.130. The Kier molecular flexibility index (Phi) is 3.83. The normalized spacial score (nSPS) is 35.1. The molecule has 2 fully saturated rings. The van der Waals surface area contributed by atoms with Crippen LogP contribution >= 0.6 is 0 Å². The highest BCUT2D eigenvalue weighted by Crippen LogP contribution is 2.34. The zero-order valence-corrected chi connectivity index (χ0v) is 12.2. The van der Waals surface area contributed by atoms with Crippen molar-refractivity contribution in [3.8, 4) is 0 Å². The fraction of sp³-hybridized carbons (Fsp3) is 0.929. The molecular weight excluding hydrogens is 262 g/mol. The van der Waals surface area contributed by atoms with Gasteiger partial charge in [-0.25, -0.2) is 8.42 Å². The molecule has 19 heavy (non-hydrogen) atoms. The number of sulfonamides is 1. The molecule has 3 aliphatic rings. The highest BCUT2D eigenvalue weighted by molar-refractivity contribution is 7.91. The number of rotatable bonds is 2. The summed E-state index contributed by atoms with van der Waals surface area (Å²) in [6.07, 6.45) is 10.5. The van der Waals surface area contributed by atoms with E-state index in [1.807, 2.05) is 0 Å². The second kappa shape index (κ2) is 5.43. The largest absolute Gasteiger partial charge is 0.475 e. The van der Waals surface area contributed by atoms with Gasteiger partial charge in [-0.15, -0.1) is 4.40 Å². The van der Waals surface area contributed by atoms with Crippen LogP contribution in [-0.4, -0.2) is 25.7 Å². The molecular formula is C14H23NO3S. The summed E-state index contributed by atoms with van der Waals surface area (Å²) in [7, 11) is -3.32. The number of ether oxygens (including phenoxy) is 1. The van der Waals surface area contributed by atoms with E-state index in [9.17, 15) is 8.42 Å². The van der Waals surface area contributed by atoms with Crippen LogP contribution in [0.4, 0.5) is 0 Å². The maximum atomic E-state index is 12.2. The standard InChI is InChI=1S/C14H23NO3S/c16-19(17)13-9-5-4-8-12(13)18-14(15-19)10-11-6-2-1-3-7-11/h11-13H,1-10H2/t12-,13+/m1/s1. The van der Waals surface area contributed by atoms with E-state index < -0.39 is 10.0 Å². The molecule has 3 rings (SSSR count). The molecule has 5 heteroatoms. The summed E-state index contributed by atoms with van der Waals surface area (Å²) in [5.41, 5.74) is 0. The van der Waals surface area contributed by atoms with Gasteiger partial charge in [0.2, 0.25) is 5.90 Å². The van der Waals surface area contributed by atoms with Crippen LogP contribution in [-0.2, 0) is 14.8 Å². The summed E-state index contributed by atoms with van der Waals surface area (Å²) in [5.74, 6) is 1.07. The molecule has 2 saturated carbocycles. The summed E-state index contributed by atoms with van der Waals surface area (Å²) in [4.78, 5) is 0. The Morgan fingerprint density at radius 1 is 1.00 bits per heavy atom. The molecule has 2 aliphatic carbocycles. The van der Waals surface area contributed by atoms with Crippen molar-refractivity contribution in [3.05, 3.63) is 0 Å². The second-order valence-electron chi connectivity index (χ2n) is 6.19. The number of fused-ring (bicyclic) bond motifs is 1. The van der Waals surface area contributed by atoms with Crippen LogP contribution in [0.25, 0.3) is 0 Å². The molecule has 2 atom stereocenters. The highest BCUT2D eigenvalue weighted by atomic mass is 32.2. The van der Waals surface area contributed by atoms with Crippen LogP contribution in [0.5, 0.6) is 0 Å². The van der Waals surface area contributed by atoms with Gasteiger partial charge in [0.25, 0.3) is 10.0 Å². The van der Waals surface area contributed by atoms with Crippen LogP contribution in [0.2, 0.25) is 0 Å². The maximum absolute atomic E-state index is 12.2. The van der Waals surface area contributed by atoms with Crippen LogP contribution in [0.15, 0.2) is 4.40 Å². The lowest BCUT2D eigenvalue weighted by Gasteiger charge is -2.35. The summed E-state index contributed by atoms with van der Waals surface area (Å²) in [6.45, 7) is 0. The van der Waals surface area contributed by atoms with E-state index >= 15 is 0 Å². The first-order chi connectivity index (χ1) is 9.15. The molecule has 108 valence electrons. The van der Waals surface area contributed by atoms with Crippen LogP contribution in [0.1, 0.15) is 64.2 Å². The first-order valence-corrected chi connectivity index (χ1v) is 9.15. The monoisotopic (exact) mass is 285 g/mol. The predicted molar refractivity (Wildman–Crippen MR) is 74.7 cm³/mol. The minimum Gasteiger partial charge on any atom is -0.475 e. The molecule has 0 aromatic heterocycles. The number of nitrogens with zero attached hydrogens (tertiary/aromatic N) is 1. The summed E-state index contributed by atoms with van der Waals surface area (Å²) in [5, 5.41) is -0.378. The van der Waals surface area contributed by atoms with Crippen molar-refractivity contribution in [2.75, 3.05) is 0 Å². The first kappa shape index (κ1) is 13.4. The fourth-order valence-electron chi connectivity index (χ4n) is 3.67. The van der Waals surface area contributed by atoms with Gasteiger partial charge in [0, 0.05) is 6.42 Å². The molecule has 0 unspecified atom stereocenters. The molecule has 0 amide bonds. The van der Waals surface area contributed by atoms with E-state index in [0.29, 0.717) is 18.2 Å². The fourth-order valence-corrected chi connectivity index (χ4v) is 5.24. The van der Waals surface area contributed by atoms with Crippen molar-refractivity contribution in [1.29, 1.82) is 0 Å². The van der Waals surface area contributed by atoms with Gasteiger partial charge in [0.15, 0.2) is 0 Å². The third-order valence-electron chi connectivity index (χ3n) is 4.73. The quantitative estimate of drug-likeness (QED) is 0.783. The van der Waals surface area contributed by atoms with Crippen molar-refractivity contribution in [3.63, 3.8) is 0 Å². The molecule has 4 nitrogen and oxygen atoms in total. The average Bonchev–Trinajstić information content (AvgIpc) is 2.39. The summed E-state index contributed by atoms with van der Waals surface area (Å²) < 4.78 is 34.3. The second-order valence-corrected chi connectivity index (χ2v) is 8.01. The summed E-state index contributed by atoms with van der Waals surface area (Å²) >= 11 is 0. The smallest absolute Gasteiger partial charge is 0.262 e. The Morgan fingerprint density at radius 3 is 2.47 bits per heavy atom. The zero-order valence-electron chi connectivity index (χ0n) is 11.4. The van der Waals surface area contributed by atoms with Gasteiger partial charge in [-0.1, -0.05) is 25.7 Å². The molecule has 1 heterocycles. The lowest BCUT2D eigenvalue weighted by atomic mass is 9.87. The van der Waals surface area contributed by atoms with Gasteiger partial charge in [0.05, 0.1) is 0 Å². The van der Waals surface area contributed by atoms with E-state index in [2.05, 4.69) is 4.40 Å². The van der Waals surface area contributed by atoms with Crippen LogP contribution in [0, 0.1) is 5.92 Å². The van der Waals surface area contributed by atoms with E-state index in [-0.39, 0.29) is 11.4 Å². The number of hydrogen-bond donors (Lipinski definition) is 0. The first-order valence-electron chi connectivity index (χ1n) is 7.64. The van der Waals surface area contributed by atoms with Gasteiger partial charge >= 0.3 is 0 Å². The minimum atomic E-state index is -3.32. The molecule has 0 saturated heterocycles. The molecule has 0 radical (unpaired) electrons. The summed E-state index contributed by atoms with van der Waals surface area (Å²) in [6, 6.07) is 0. The van der Waals surface area contributed by atoms with Crippen molar-refractivity contribution in [2.45, 2.75) is 75.6 Å². The SMILES string of the molecule is O=S1(=O)N=C(CC2CCCCC2)O[C@@H]2CCCC[C@@H]21. The topological polar surface area (TPSA) is 55.7 Å². The Balaban J connectivity index is 1.73. The Morgan fingerprint density at radius 2 is 1.68 bits per heavy atom. The molecule has 0 bridgehead atoms. The van der Waals surface area contributed by atoms with Crippen LogP contribution in [0.3, 0.4) is 0 Å². The van der Waals surface area contributed by atoms with Gasteiger partial charge < -0.3 is 4.74 Å². The number of hydrogen-bond acceptors (Lipinski definition) is 3. The van der Waals surface area contributed by atoms with E-state index in [1.165, 1.54) is 32.1 Å². The Labute approximate surface area is 115 Å². The van der Waals surface area contributed by atoms with Crippen molar-refractivity contribution in [2.24, 2.45) is 10.3 Å². The Hall–Kier alpha value is -0.580. The van der Waals surface area contributed by atoms with E-state index in [0.717, 1.165) is 25.7 Å². The van der Waals surface area contributed by atoms with E-state index in [1.54, 1.807) is 0 Å². The predicted octanol–water partition coefficient (Wildman–Crippen LogP) is 3.03. The third-order valence-corrected chi connectivity index (χ3v) is 6.49. The van der Waals surface area contributed by atoms with Gasteiger partial charge in [-0.3, -0.25) is 0 Å². The lowest BCUT2D eigenvalue weighted by molar-refractivity contribution is 0.132. The van der Waals surface area contributed by atoms with Gasteiger partial charge in [-0.05, 0) is 38.0 Å². The Bertz CT molecular complexity index is 451. The molecule has 0 aromatic carbocycles. The van der Waals surface area contributed by atoms with Gasteiger partial charge in [-0.2, -0.15) is 0 Å². The zero-order chi connectivity index (χ0) is 13.3. The van der Waals surface area contributed by atoms with Crippen LogP contribution < -0.4 is 0 Å². The molecule has 0 aromatic rings. The van der Waals surface area contributed by atoms with E-state index in [4.69, 9.17) is 4.74 Å². The highest BCUT2D eigenvalue weighted by Gasteiger charge is 2.41. The van der Waals surface area contributed by atoms with Crippen molar-refractivity contribution < 1.29 is 13.2 Å². The molecule has 1 aliphatic heterocycles. The maximum Gasteiger partial charge on any atom is 0.262 e. The van der Waals surface area contributed by atoms with Crippen molar-refractivity contribution in [1.82, 2.24) is 0 Å². The van der Waals surface area contributed by atoms with Gasteiger partial charge in [0.1, 0.15) is 11.4 Å². The third kappa shape index (κ3) is 2.96. The average molecular weight is 285 g/mol.